The number of likely N-dealkylation sites (tertiary alicyclic amines) is 1. The lowest BCUT2D eigenvalue weighted by Gasteiger charge is -2.40. The first-order valence-corrected chi connectivity index (χ1v) is 12.7. The molecule has 5 rings (SSSR count). The number of aryl methyl sites for hydroxylation is 1. The molecule has 7 nitrogen and oxygen atoms in total. The Morgan fingerprint density at radius 3 is 2.69 bits per heavy atom. The summed E-state index contributed by atoms with van der Waals surface area (Å²) in [5.41, 5.74) is 2.65. The minimum atomic E-state index is -0.538. The van der Waals surface area contributed by atoms with E-state index in [2.05, 4.69) is 23.3 Å². The molecule has 1 N–H and O–H groups in total. The Bertz CT molecular complexity index is 1320. The Morgan fingerprint density at radius 2 is 2.00 bits per heavy atom. The van der Waals surface area contributed by atoms with Crippen molar-refractivity contribution in [3.05, 3.63) is 77.4 Å². The van der Waals surface area contributed by atoms with Gasteiger partial charge in [0.2, 0.25) is 5.91 Å². The number of carbonyl (C=O) groups excluding carboxylic acids is 1. The summed E-state index contributed by atoms with van der Waals surface area (Å²) in [4.78, 5) is 19.4. The third-order valence-corrected chi connectivity index (χ3v) is 8.08. The zero-order valence-corrected chi connectivity index (χ0v) is 21.3. The number of imidazole rings is 1. The van der Waals surface area contributed by atoms with Crippen LogP contribution in [0.1, 0.15) is 61.4 Å². The Balaban J connectivity index is 1.53. The lowest BCUT2D eigenvalue weighted by Crippen LogP contribution is -2.49. The Labute approximate surface area is 212 Å². The van der Waals surface area contributed by atoms with Gasteiger partial charge in [0.1, 0.15) is 17.6 Å². The summed E-state index contributed by atoms with van der Waals surface area (Å²) in [5, 5.41) is 13.5. The number of ether oxygens (including phenoxy) is 1. The van der Waals surface area contributed by atoms with Crippen LogP contribution in [0.15, 0.2) is 55.0 Å². The first-order valence-electron chi connectivity index (χ1n) is 12.7. The van der Waals surface area contributed by atoms with E-state index in [0.717, 1.165) is 62.0 Å². The predicted octanol–water partition coefficient (Wildman–Crippen LogP) is 4.61. The fourth-order valence-electron chi connectivity index (χ4n) is 6.07. The molecule has 1 aromatic heterocycles. The highest BCUT2D eigenvalue weighted by molar-refractivity contribution is 5.89. The molecule has 0 radical (unpaired) electrons. The normalized spacial score (nSPS) is 24.1. The Morgan fingerprint density at radius 1 is 1.14 bits per heavy atom. The van der Waals surface area contributed by atoms with Crippen LogP contribution in [-0.4, -0.2) is 40.5 Å². The highest BCUT2D eigenvalue weighted by atomic mass is 16.5. The molecule has 2 atom stereocenters. The average molecular weight is 484 g/mol. The number of rotatable bonds is 6. The molecule has 2 aliphatic rings. The van der Waals surface area contributed by atoms with E-state index in [-0.39, 0.29) is 11.4 Å². The molecule has 2 saturated heterocycles. The molecular weight excluding hydrogens is 450 g/mol. The molecule has 2 aliphatic heterocycles. The Kier molecular flexibility index (Phi) is 6.31. The average Bonchev–Trinajstić information content (AvgIpc) is 3.56. The van der Waals surface area contributed by atoms with Crippen molar-refractivity contribution in [2.75, 3.05) is 20.1 Å². The summed E-state index contributed by atoms with van der Waals surface area (Å²) in [7, 11) is 3.89. The zero-order chi connectivity index (χ0) is 25.3. The zero-order valence-electron chi connectivity index (χ0n) is 21.3. The van der Waals surface area contributed by atoms with E-state index in [1.807, 2.05) is 78.6 Å². The van der Waals surface area contributed by atoms with Gasteiger partial charge < -0.3 is 19.5 Å². The molecule has 3 heterocycles. The van der Waals surface area contributed by atoms with Gasteiger partial charge in [0.15, 0.2) is 0 Å². The minimum Gasteiger partial charge on any atom is -0.456 e. The van der Waals surface area contributed by atoms with E-state index in [0.29, 0.717) is 17.1 Å². The van der Waals surface area contributed by atoms with Gasteiger partial charge in [-0.25, -0.2) is 4.98 Å². The molecule has 0 spiro atoms. The fraction of sp³-hybridized carbons (Fsp3) is 0.414. The molecule has 2 unspecified atom stereocenters. The van der Waals surface area contributed by atoms with Gasteiger partial charge in [-0.15, -0.1) is 0 Å². The molecule has 1 amide bonds. The number of aromatic nitrogens is 2. The maximum absolute atomic E-state index is 13.2. The molecular formula is C29H33N5O2. The largest absolute Gasteiger partial charge is 0.456 e. The van der Waals surface area contributed by atoms with Crippen LogP contribution in [0.25, 0.3) is 0 Å². The fourth-order valence-corrected chi connectivity index (χ4v) is 6.07. The van der Waals surface area contributed by atoms with Crippen LogP contribution in [0.2, 0.25) is 0 Å². The summed E-state index contributed by atoms with van der Waals surface area (Å²) < 4.78 is 8.42. The molecule has 0 bridgehead atoms. The number of amides is 1. The monoisotopic (exact) mass is 483 g/mol. The number of hydrogen-bond donors (Lipinski definition) is 1. The highest BCUT2D eigenvalue weighted by Gasteiger charge is 2.43. The number of nitrogens with one attached hydrogen (secondary N) is 1. The van der Waals surface area contributed by atoms with Gasteiger partial charge in [0.05, 0.1) is 34.7 Å². The summed E-state index contributed by atoms with van der Waals surface area (Å²) in [5.74, 6) is 1.31. The van der Waals surface area contributed by atoms with E-state index in [1.54, 1.807) is 0 Å². The van der Waals surface area contributed by atoms with Crippen LogP contribution in [0.5, 0.6) is 11.5 Å². The van der Waals surface area contributed by atoms with Crippen LogP contribution < -0.4 is 10.1 Å². The van der Waals surface area contributed by atoms with Gasteiger partial charge in [0.25, 0.3) is 0 Å². The lowest BCUT2D eigenvalue weighted by atomic mass is 9.71. The van der Waals surface area contributed by atoms with Gasteiger partial charge in [0, 0.05) is 20.6 Å². The van der Waals surface area contributed by atoms with Gasteiger partial charge in [-0.2, -0.15) is 5.26 Å². The van der Waals surface area contributed by atoms with Gasteiger partial charge in [-0.3, -0.25) is 4.79 Å². The van der Waals surface area contributed by atoms with Gasteiger partial charge >= 0.3 is 0 Å². The summed E-state index contributed by atoms with van der Waals surface area (Å²) in [6, 6.07) is 15.9. The molecule has 3 aromatic rings. The van der Waals surface area contributed by atoms with Crippen LogP contribution >= 0.6 is 0 Å². The second kappa shape index (κ2) is 9.44. The second-order valence-electron chi connectivity index (χ2n) is 10.0. The Hall–Kier alpha value is -3.63. The van der Waals surface area contributed by atoms with Crippen molar-refractivity contribution in [2.45, 2.75) is 50.0 Å². The predicted molar refractivity (Wildman–Crippen MR) is 138 cm³/mol. The topological polar surface area (TPSA) is 83.2 Å². The van der Waals surface area contributed by atoms with E-state index in [1.165, 1.54) is 0 Å². The van der Waals surface area contributed by atoms with Crippen LogP contribution in [0, 0.1) is 11.3 Å². The smallest absolute Gasteiger partial charge is 0.232 e. The van der Waals surface area contributed by atoms with Gasteiger partial charge in [-0.1, -0.05) is 25.1 Å². The third-order valence-electron chi connectivity index (χ3n) is 8.08. The summed E-state index contributed by atoms with van der Waals surface area (Å²) in [6.07, 6.45) is 8.24. The van der Waals surface area contributed by atoms with Crippen molar-refractivity contribution in [1.29, 1.82) is 5.26 Å². The van der Waals surface area contributed by atoms with Crippen molar-refractivity contribution < 1.29 is 9.53 Å². The first kappa shape index (κ1) is 24.1. The molecule has 0 saturated carbocycles. The van der Waals surface area contributed by atoms with E-state index in [9.17, 15) is 10.1 Å². The van der Waals surface area contributed by atoms with Crippen LogP contribution in [0.3, 0.4) is 0 Å². The maximum Gasteiger partial charge on any atom is 0.232 e. The summed E-state index contributed by atoms with van der Waals surface area (Å²) in [6.45, 7) is 3.78. The van der Waals surface area contributed by atoms with Gasteiger partial charge in [-0.05, 0) is 74.0 Å². The molecule has 7 heteroatoms. The number of nitrogens with zero attached hydrogens (tertiary/aromatic N) is 4. The second-order valence-corrected chi connectivity index (χ2v) is 10.0. The number of likely N-dealkylation sites (N-methyl/N-ethyl adjacent to an activating group) is 1. The quantitative estimate of drug-likeness (QED) is 0.554. The minimum absolute atomic E-state index is 0.165. The molecule has 36 heavy (non-hydrogen) atoms. The first-order chi connectivity index (χ1) is 17.4. The van der Waals surface area contributed by atoms with Crippen molar-refractivity contribution in [3.8, 4) is 17.6 Å². The standard InChI is InChI=1S/C29H33N5O2/c1-4-28(12-7-15-33(2)27(28)35)22-8-5-9-24(16-22)36-25-17-23(11-10-21(25)18-30)29(13-6-14-32-29)26-19-31-20-34(26)3/h5,8-11,16-17,19-20,32H,4,6-7,12-15H2,1-3H3. The number of hydrogen-bond acceptors (Lipinski definition) is 5. The number of nitriles is 1. The molecule has 186 valence electrons. The van der Waals surface area contributed by atoms with Crippen LogP contribution in [-0.2, 0) is 22.8 Å². The van der Waals surface area contributed by atoms with Crippen molar-refractivity contribution in [2.24, 2.45) is 7.05 Å². The summed E-state index contributed by atoms with van der Waals surface area (Å²) >= 11 is 0. The van der Waals surface area contributed by atoms with Crippen molar-refractivity contribution in [1.82, 2.24) is 19.8 Å². The number of benzene rings is 2. The lowest BCUT2D eigenvalue weighted by molar-refractivity contribution is -0.139. The van der Waals surface area contributed by atoms with Crippen molar-refractivity contribution >= 4 is 5.91 Å². The maximum atomic E-state index is 13.2. The number of carbonyl (C=O) groups is 1. The van der Waals surface area contributed by atoms with E-state index in [4.69, 9.17) is 4.74 Å². The molecule has 2 fully saturated rings. The SMILES string of the molecule is CCC1(c2cccc(Oc3cc(C4(c5cncn5C)CCCN4)ccc3C#N)c2)CCCN(C)C1=O. The van der Waals surface area contributed by atoms with E-state index < -0.39 is 5.41 Å². The molecule has 2 aromatic carbocycles. The third kappa shape index (κ3) is 3.86. The highest BCUT2D eigenvalue weighted by Crippen LogP contribution is 2.42. The number of piperidine rings is 1. The van der Waals surface area contributed by atoms with Crippen LogP contribution in [0.4, 0.5) is 0 Å². The van der Waals surface area contributed by atoms with E-state index >= 15 is 0 Å². The van der Waals surface area contributed by atoms with Crippen molar-refractivity contribution in [3.63, 3.8) is 0 Å². The molecule has 0 aliphatic carbocycles.